The van der Waals surface area contributed by atoms with Crippen LogP contribution in [0.2, 0.25) is 0 Å². The van der Waals surface area contributed by atoms with Gasteiger partial charge < -0.3 is 20.5 Å². The zero-order chi connectivity index (χ0) is 15.2. The van der Waals surface area contributed by atoms with E-state index in [4.69, 9.17) is 10.5 Å². The number of amides is 1. The predicted octanol–water partition coefficient (Wildman–Crippen LogP) is 0.173. The molecule has 116 valence electrons. The SMILES string of the molecule is CC(=O)N1CCN(CC(O)COc2ccccc2N)CC1. The summed E-state index contributed by atoms with van der Waals surface area (Å²) >= 11 is 0. The number of hydrogen-bond acceptors (Lipinski definition) is 5. The molecule has 1 amide bonds. The minimum atomic E-state index is -0.575. The Balaban J connectivity index is 1.72. The number of nitrogen functional groups attached to an aromatic ring is 1. The highest BCUT2D eigenvalue weighted by atomic mass is 16.5. The molecule has 1 fully saturated rings. The maximum absolute atomic E-state index is 11.2. The number of nitrogens with zero attached hydrogens (tertiary/aromatic N) is 2. The third-order valence-electron chi connectivity index (χ3n) is 3.64. The van der Waals surface area contributed by atoms with E-state index in [1.165, 1.54) is 0 Å². The van der Waals surface area contributed by atoms with Gasteiger partial charge in [-0.15, -0.1) is 0 Å². The van der Waals surface area contributed by atoms with Gasteiger partial charge in [-0.2, -0.15) is 0 Å². The van der Waals surface area contributed by atoms with Crippen molar-refractivity contribution in [3.8, 4) is 5.75 Å². The van der Waals surface area contributed by atoms with Crippen molar-refractivity contribution in [3.05, 3.63) is 24.3 Å². The van der Waals surface area contributed by atoms with Crippen molar-refractivity contribution in [3.63, 3.8) is 0 Å². The standard InChI is InChI=1S/C15H23N3O3/c1-12(19)18-8-6-17(7-9-18)10-13(20)11-21-15-5-3-2-4-14(15)16/h2-5,13,20H,6-11,16H2,1H3. The van der Waals surface area contributed by atoms with Gasteiger partial charge >= 0.3 is 0 Å². The highest BCUT2D eigenvalue weighted by Crippen LogP contribution is 2.19. The minimum Gasteiger partial charge on any atom is -0.489 e. The Bertz CT molecular complexity index is 473. The van der Waals surface area contributed by atoms with E-state index >= 15 is 0 Å². The minimum absolute atomic E-state index is 0.109. The molecule has 1 aliphatic heterocycles. The first-order valence-corrected chi connectivity index (χ1v) is 7.19. The molecule has 2 rings (SSSR count). The van der Waals surface area contributed by atoms with Gasteiger partial charge in [-0.05, 0) is 12.1 Å². The number of anilines is 1. The molecule has 1 aliphatic rings. The average molecular weight is 293 g/mol. The van der Waals surface area contributed by atoms with E-state index in [1.54, 1.807) is 19.1 Å². The summed E-state index contributed by atoms with van der Waals surface area (Å²) < 4.78 is 5.53. The van der Waals surface area contributed by atoms with Crippen LogP contribution in [0.15, 0.2) is 24.3 Å². The number of nitrogens with two attached hydrogens (primary N) is 1. The Labute approximate surface area is 125 Å². The number of aliphatic hydroxyl groups excluding tert-OH is 1. The lowest BCUT2D eigenvalue weighted by molar-refractivity contribution is -0.130. The summed E-state index contributed by atoms with van der Waals surface area (Å²) in [4.78, 5) is 15.2. The monoisotopic (exact) mass is 293 g/mol. The van der Waals surface area contributed by atoms with E-state index in [1.807, 2.05) is 17.0 Å². The number of β-amino-alcohol motifs (C(OH)–C–C–N with tert-alkyl or cyclic N) is 1. The van der Waals surface area contributed by atoms with Gasteiger partial charge in [0.05, 0.1) is 5.69 Å². The van der Waals surface area contributed by atoms with Gasteiger partial charge in [0.15, 0.2) is 0 Å². The number of carbonyl (C=O) groups is 1. The molecule has 0 aliphatic carbocycles. The average Bonchev–Trinajstić information content (AvgIpc) is 2.47. The Morgan fingerprint density at radius 1 is 1.33 bits per heavy atom. The Morgan fingerprint density at radius 3 is 2.62 bits per heavy atom. The zero-order valence-electron chi connectivity index (χ0n) is 12.4. The van der Waals surface area contributed by atoms with Crippen LogP contribution in [-0.2, 0) is 4.79 Å². The Hall–Kier alpha value is -1.79. The van der Waals surface area contributed by atoms with Gasteiger partial charge in [-0.1, -0.05) is 12.1 Å². The maximum atomic E-state index is 11.2. The Kier molecular flexibility index (Phi) is 5.41. The fourth-order valence-corrected chi connectivity index (χ4v) is 2.39. The molecule has 0 bridgehead atoms. The zero-order valence-corrected chi connectivity index (χ0v) is 12.4. The van der Waals surface area contributed by atoms with Gasteiger partial charge in [0, 0.05) is 39.6 Å². The van der Waals surface area contributed by atoms with E-state index in [9.17, 15) is 9.90 Å². The van der Waals surface area contributed by atoms with Gasteiger partial charge in [0.25, 0.3) is 0 Å². The number of benzene rings is 1. The molecule has 0 saturated carbocycles. The fourth-order valence-electron chi connectivity index (χ4n) is 2.39. The van der Waals surface area contributed by atoms with Crippen molar-refractivity contribution in [2.45, 2.75) is 13.0 Å². The predicted molar refractivity (Wildman–Crippen MR) is 81.1 cm³/mol. The number of para-hydroxylation sites is 2. The number of rotatable bonds is 5. The molecule has 0 spiro atoms. The molecule has 1 aromatic carbocycles. The lowest BCUT2D eigenvalue weighted by Gasteiger charge is -2.35. The molecule has 1 unspecified atom stereocenters. The van der Waals surface area contributed by atoms with Gasteiger partial charge in [-0.25, -0.2) is 0 Å². The van der Waals surface area contributed by atoms with Gasteiger partial charge in [-0.3, -0.25) is 9.69 Å². The molecule has 0 radical (unpaired) electrons. The summed E-state index contributed by atoms with van der Waals surface area (Å²) in [7, 11) is 0. The summed E-state index contributed by atoms with van der Waals surface area (Å²) in [6.07, 6.45) is -0.575. The number of ether oxygens (including phenoxy) is 1. The van der Waals surface area contributed by atoms with Crippen LogP contribution >= 0.6 is 0 Å². The van der Waals surface area contributed by atoms with E-state index in [0.29, 0.717) is 31.1 Å². The van der Waals surface area contributed by atoms with Crippen LogP contribution in [0, 0.1) is 0 Å². The van der Waals surface area contributed by atoms with Crippen LogP contribution in [0.3, 0.4) is 0 Å². The van der Waals surface area contributed by atoms with E-state index in [0.717, 1.165) is 13.1 Å². The van der Waals surface area contributed by atoms with E-state index < -0.39 is 6.10 Å². The molecule has 6 heteroatoms. The first-order chi connectivity index (χ1) is 10.1. The van der Waals surface area contributed by atoms with Crippen molar-refractivity contribution in [1.29, 1.82) is 0 Å². The number of piperazine rings is 1. The quantitative estimate of drug-likeness (QED) is 0.757. The fraction of sp³-hybridized carbons (Fsp3) is 0.533. The molecule has 1 heterocycles. The molecule has 1 saturated heterocycles. The van der Waals surface area contributed by atoms with E-state index in [-0.39, 0.29) is 12.5 Å². The third kappa shape index (κ3) is 4.61. The highest BCUT2D eigenvalue weighted by molar-refractivity contribution is 5.73. The summed E-state index contributed by atoms with van der Waals surface area (Å²) in [6, 6.07) is 7.24. The summed E-state index contributed by atoms with van der Waals surface area (Å²) in [5.74, 6) is 0.705. The first kappa shape index (κ1) is 15.6. The molecule has 6 nitrogen and oxygen atoms in total. The largest absolute Gasteiger partial charge is 0.489 e. The molecule has 1 aromatic rings. The number of aliphatic hydroxyl groups is 1. The van der Waals surface area contributed by atoms with Crippen molar-refractivity contribution >= 4 is 11.6 Å². The van der Waals surface area contributed by atoms with Gasteiger partial charge in [0.2, 0.25) is 5.91 Å². The van der Waals surface area contributed by atoms with Crippen LogP contribution < -0.4 is 10.5 Å². The van der Waals surface area contributed by atoms with Crippen LogP contribution in [0.5, 0.6) is 5.75 Å². The second-order valence-electron chi connectivity index (χ2n) is 5.31. The number of hydrogen-bond donors (Lipinski definition) is 2. The number of carbonyl (C=O) groups excluding carboxylic acids is 1. The van der Waals surface area contributed by atoms with Crippen molar-refractivity contribution in [2.24, 2.45) is 0 Å². The Morgan fingerprint density at radius 2 is 2.00 bits per heavy atom. The van der Waals surface area contributed by atoms with Crippen molar-refractivity contribution in [1.82, 2.24) is 9.80 Å². The topological polar surface area (TPSA) is 79.0 Å². The summed E-state index contributed by atoms with van der Waals surface area (Å²) in [6.45, 7) is 5.33. The second-order valence-corrected chi connectivity index (χ2v) is 5.31. The van der Waals surface area contributed by atoms with Crippen LogP contribution in [0.25, 0.3) is 0 Å². The molecule has 3 N–H and O–H groups in total. The molecule has 21 heavy (non-hydrogen) atoms. The van der Waals surface area contributed by atoms with Crippen molar-refractivity contribution in [2.75, 3.05) is 45.1 Å². The summed E-state index contributed by atoms with van der Waals surface area (Å²) in [5.41, 5.74) is 6.35. The maximum Gasteiger partial charge on any atom is 0.219 e. The second kappa shape index (κ2) is 7.28. The molecular weight excluding hydrogens is 270 g/mol. The van der Waals surface area contributed by atoms with Crippen LogP contribution in [0.1, 0.15) is 6.92 Å². The normalized spacial score (nSPS) is 17.5. The molecule has 1 atom stereocenters. The highest BCUT2D eigenvalue weighted by Gasteiger charge is 2.20. The van der Waals surface area contributed by atoms with Crippen molar-refractivity contribution < 1.29 is 14.6 Å². The molecular formula is C15H23N3O3. The summed E-state index contributed by atoms with van der Waals surface area (Å²) in [5, 5.41) is 10.0. The smallest absolute Gasteiger partial charge is 0.219 e. The lowest BCUT2D eigenvalue weighted by Crippen LogP contribution is -2.50. The third-order valence-corrected chi connectivity index (χ3v) is 3.64. The van der Waals surface area contributed by atoms with Crippen LogP contribution in [0.4, 0.5) is 5.69 Å². The van der Waals surface area contributed by atoms with Crippen LogP contribution in [-0.4, -0.2) is 66.2 Å². The molecule has 0 aromatic heterocycles. The first-order valence-electron chi connectivity index (χ1n) is 7.19. The van der Waals surface area contributed by atoms with Gasteiger partial charge in [0.1, 0.15) is 18.5 Å². The lowest BCUT2D eigenvalue weighted by atomic mass is 10.2. The van der Waals surface area contributed by atoms with E-state index in [2.05, 4.69) is 4.90 Å².